The van der Waals surface area contributed by atoms with Crippen LogP contribution in [0.1, 0.15) is 25.6 Å². The van der Waals surface area contributed by atoms with Crippen LogP contribution in [-0.4, -0.2) is 47.7 Å². The van der Waals surface area contributed by atoms with Crippen molar-refractivity contribution < 1.29 is 4.74 Å². The second-order valence-corrected chi connectivity index (χ2v) is 5.19. The molecule has 0 aliphatic carbocycles. The maximum absolute atomic E-state index is 6.00. The van der Waals surface area contributed by atoms with E-state index in [9.17, 15) is 0 Å². The highest BCUT2D eigenvalue weighted by atomic mass is 35.5. The van der Waals surface area contributed by atoms with Gasteiger partial charge in [-0.05, 0) is 25.9 Å². The Morgan fingerprint density at radius 3 is 3.11 bits per heavy atom. The van der Waals surface area contributed by atoms with Gasteiger partial charge in [0.25, 0.3) is 0 Å². The molecule has 0 aromatic carbocycles. The molecule has 1 aromatic rings. The van der Waals surface area contributed by atoms with E-state index in [-0.39, 0.29) is 0 Å². The van der Waals surface area contributed by atoms with Crippen molar-refractivity contribution in [2.45, 2.75) is 32.4 Å². The Hall–Kier alpha value is -0.910. The molecule has 0 spiro atoms. The SMILES string of the molecule is CCN1CCCC(Nc2cc(Cl)nc(COC)n2)C1. The zero-order chi connectivity index (χ0) is 13.7. The maximum Gasteiger partial charge on any atom is 0.158 e. The second kappa shape index (κ2) is 7.03. The fraction of sp³-hybridized carbons (Fsp3) is 0.692. The van der Waals surface area contributed by atoms with Crippen molar-refractivity contribution in [2.24, 2.45) is 0 Å². The zero-order valence-electron chi connectivity index (χ0n) is 11.5. The van der Waals surface area contributed by atoms with E-state index in [0.717, 1.165) is 25.3 Å². The van der Waals surface area contributed by atoms with Crippen LogP contribution in [0.4, 0.5) is 5.82 Å². The molecule has 2 heterocycles. The number of nitrogens with zero attached hydrogens (tertiary/aromatic N) is 3. The smallest absolute Gasteiger partial charge is 0.158 e. The van der Waals surface area contributed by atoms with Crippen molar-refractivity contribution in [1.82, 2.24) is 14.9 Å². The van der Waals surface area contributed by atoms with Crippen molar-refractivity contribution >= 4 is 17.4 Å². The number of piperidine rings is 1. The minimum absolute atomic E-state index is 0.376. The summed E-state index contributed by atoms with van der Waals surface area (Å²) in [5, 5.41) is 3.90. The number of hydrogen-bond donors (Lipinski definition) is 1. The molecule has 1 N–H and O–H groups in total. The Morgan fingerprint density at radius 2 is 2.37 bits per heavy atom. The third-order valence-corrected chi connectivity index (χ3v) is 3.51. The Balaban J connectivity index is 2.01. The van der Waals surface area contributed by atoms with Gasteiger partial charge in [-0.1, -0.05) is 18.5 Å². The Bertz CT molecular complexity index is 416. The van der Waals surface area contributed by atoms with Gasteiger partial charge in [-0.3, -0.25) is 0 Å². The summed E-state index contributed by atoms with van der Waals surface area (Å²) in [7, 11) is 1.62. The summed E-state index contributed by atoms with van der Waals surface area (Å²) in [5.74, 6) is 1.40. The lowest BCUT2D eigenvalue weighted by Gasteiger charge is -2.32. The average Bonchev–Trinajstić information content (AvgIpc) is 2.38. The average molecular weight is 285 g/mol. The summed E-state index contributed by atoms with van der Waals surface area (Å²) in [6.45, 7) is 5.91. The number of likely N-dealkylation sites (N-methyl/N-ethyl adjacent to an activating group) is 1. The van der Waals surface area contributed by atoms with Crippen LogP contribution in [0.5, 0.6) is 0 Å². The highest BCUT2D eigenvalue weighted by molar-refractivity contribution is 6.29. The van der Waals surface area contributed by atoms with E-state index in [4.69, 9.17) is 16.3 Å². The topological polar surface area (TPSA) is 50.3 Å². The third kappa shape index (κ3) is 4.30. The summed E-state index contributed by atoms with van der Waals surface area (Å²) in [6, 6.07) is 2.20. The van der Waals surface area contributed by atoms with Crippen molar-refractivity contribution in [3.63, 3.8) is 0 Å². The largest absolute Gasteiger partial charge is 0.377 e. The van der Waals surface area contributed by atoms with Gasteiger partial charge >= 0.3 is 0 Å². The molecular formula is C13H21ClN4O. The molecule has 19 heavy (non-hydrogen) atoms. The second-order valence-electron chi connectivity index (χ2n) is 4.80. The standard InChI is InChI=1S/C13H21ClN4O/c1-3-18-6-4-5-10(8-18)15-12-7-11(14)16-13(17-12)9-19-2/h7,10H,3-6,8-9H2,1-2H3,(H,15,16,17). The molecule has 1 fully saturated rings. The van der Waals surface area contributed by atoms with Gasteiger partial charge in [0.15, 0.2) is 5.82 Å². The van der Waals surface area contributed by atoms with Crippen LogP contribution in [0.3, 0.4) is 0 Å². The first kappa shape index (κ1) is 14.5. The highest BCUT2D eigenvalue weighted by Crippen LogP contribution is 2.17. The fourth-order valence-electron chi connectivity index (χ4n) is 2.40. The predicted molar refractivity (Wildman–Crippen MR) is 76.5 cm³/mol. The lowest BCUT2D eigenvalue weighted by Crippen LogP contribution is -2.42. The quantitative estimate of drug-likeness (QED) is 0.840. The molecule has 1 saturated heterocycles. The summed E-state index contributed by atoms with van der Waals surface area (Å²) < 4.78 is 5.04. The van der Waals surface area contributed by atoms with Gasteiger partial charge < -0.3 is 15.0 Å². The van der Waals surface area contributed by atoms with Gasteiger partial charge in [0.1, 0.15) is 17.6 Å². The first-order chi connectivity index (χ1) is 9.21. The minimum atomic E-state index is 0.376. The summed E-state index contributed by atoms with van der Waals surface area (Å²) in [5.41, 5.74) is 0. The summed E-state index contributed by atoms with van der Waals surface area (Å²) in [6.07, 6.45) is 2.38. The van der Waals surface area contributed by atoms with E-state index in [1.807, 2.05) is 0 Å². The van der Waals surface area contributed by atoms with Crippen LogP contribution in [0.2, 0.25) is 5.15 Å². The van der Waals surface area contributed by atoms with Gasteiger partial charge in [0.2, 0.25) is 0 Å². The van der Waals surface area contributed by atoms with Crippen molar-refractivity contribution in [3.8, 4) is 0 Å². The zero-order valence-corrected chi connectivity index (χ0v) is 12.3. The number of halogens is 1. The number of likely N-dealkylation sites (tertiary alicyclic amines) is 1. The molecule has 0 saturated carbocycles. The number of hydrogen-bond acceptors (Lipinski definition) is 5. The molecule has 1 atom stereocenters. The Kier molecular flexibility index (Phi) is 5.36. The molecule has 0 amide bonds. The normalized spacial score (nSPS) is 20.5. The molecular weight excluding hydrogens is 264 g/mol. The van der Waals surface area contributed by atoms with E-state index < -0.39 is 0 Å². The molecule has 1 aliphatic rings. The van der Waals surface area contributed by atoms with E-state index >= 15 is 0 Å². The van der Waals surface area contributed by atoms with Gasteiger partial charge in [0.05, 0.1) is 0 Å². The van der Waals surface area contributed by atoms with E-state index in [1.54, 1.807) is 13.2 Å². The Morgan fingerprint density at radius 1 is 1.53 bits per heavy atom. The lowest BCUT2D eigenvalue weighted by atomic mass is 10.1. The Labute approximate surface area is 119 Å². The summed E-state index contributed by atoms with van der Waals surface area (Å²) in [4.78, 5) is 11.0. The fourth-order valence-corrected chi connectivity index (χ4v) is 2.60. The van der Waals surface area contributed by atoms with Crippen LogP contribution >= 0.6 is 11.6 Å². The molecule has 106 valence electrons. The number of nitrogens with one attached hydrogen (secondary N) is 1. The third-order valence-electron chi connectivity index (χ3n) is 3.32. The van der Waals surface area contributed by atoms with Gasteiger partial charge in [0, 0.05) is 25.8 Å². The first-order valence-electron chi connectivity index (χ1n) is 6.72. The molecule has 1 unspecified atom stereocenters. The molecule has 2 rings (SSSR count). The molecule has 0 bridgehead atoms. The van der Waals surface area contributed by atoms with Crippen LogP contribution in [0.15, 0.2) is 6.07 Å². The van der Waals surface area contributed by atoms with E-state index in [1.165, 1.54) is 13.0 Å². The number of rotatable bonds is 5. The van der Waals surface area contributed by atoms with Crippen molar-refractivity contribution in [1.29, 1.82) is 0 Å². The van der Waals surface area contributed by atoms with Gasteiger partial charge in [-0.25, -0.2) is 9.97 Å². The molecule has 1 aromatic heterocycles. The number of aromatic nitrogens is 2. The lowest BCUT2D eigenvalue weighted by molar-refractivity contribution is 0.178. The summed E-state index contributed by atoms with van der Waals surface area (Å²) >= 11 is 6.00. The van der Waals surface area contributed by atoms with Crippen LogP contribution in [-0.2, 0) is 11.3 Å². The molecule has 5 nitrogen and oxygen atoms in total. The van der Waals surface area contributed by atoms with Gasteiger partial charge in [-0.15, -0.1) is 0 Å². The monoisotopic (exact) mass is 284 g/mol. The minimum Gasteiger partial charge on any atom is -0.377 e. The van der Waals surface area contributed by atoms with E-state index in [0.29, 0.717) is 23.6 Å². The van der Waals surface area contributed by atoms with Crippen LogP contribution < -0.4 is 5.32 Å². The molecule has 1 aliphatic heterocycles. The first-order valence-corrected chi connectivity index (χ1v) is 7.10. The van der Waals surface area contributed by atoms with Crippen LogP contribution in [0, 0.1) is 0 Å². The van der Waals surface area contributed by atoms with Crippen LogP contribution in [0.25, 0.3) is 0 Å². The predicted octanol–water partition coefficient (Wildman–Crippen LogP) is 2.17. The van der Waals surface area contributed by atoms with Crippen molar-refractivity contribution in [2.75, 3.05) is 32.1 Å². The molecule has 0 radical (unpaired) electrons. The number of ether oxygens (including phenoxy) is 1. The molecule has 6 heteroatoms. The van der Waals surface area contributed by atoms with Crippen molar-refractivity contribution in [3.05, 3.63) is 17.0 Å². The number of anilines is 1. The van der Waals surface area contributed by atoms with Gasteiger partial charge in [-0.2, -0.15) is 0 Å². The van der Waals surface area contributed by atoms with E-state index in [2.05, 4.69) is 27.1 Å². The maximum atomic E-state index is 6.00. The highest BCUT2D eigenvalue weighted by Gasteiger charge is 2.19. The number of methoxy groups -OCH3 is 1.